The molecule has 0 amide bonds. The van der Waals surface area contributed by atoms with Gasteiger partial charge in [0.25, 0.3) is 5.56 Å². The monoisotopic (exact) mass is 344 g/mol. The highest BCUT2D eigenvalue weighted by Gasteiger charge is 2.15. The molecule has 0 fully saturated rings. The third-order valence-corrected chi connectivity index (χ3v) is 3.47. The van der Waals surface area contributed by atoms with Gasteiger partial charge in [0.1, 0.15) is 17.5 Å². The molecule has 3 aromatic heterocycles. The fourth-order valence-corrected chi connectivity index (χ4v) is 2.49. The van der Waals surface area contributed by atoms with Crippen LogP contribution in [-0.2, 0) is 0 Å². The fourth-order valence-electron chi connectivity index (χ4n) is 2.49. The van der Waals surface area contributed by atoms with Crippen LogP contribution in [0.5, 0.6) is 0 Å². The predicted molar refractivity (Wildman–Crippen MR) is 91.3 cm³/mol. The number of rotatable bonds is 4. The Bertz CT molecular complexity index is 1010. The van der Waals surface area contributed by atoms with Crippen LogP contribution in [0.1, 0.15) is 18.1 Å². The lowest BCUT2D eigenvalue weighted by Gasteiger charge is -2.10. The maximum atomic E-state index is 12.9. The SMILES string of the molecule is C=Nc1cc(Nc2cc(C)nc(C)n2)nc2ccn(C(F)F)c(=O)c12. The molecule has 128 valence electrons. The number of halogens is 2. The Hall–Kier alpha value is -3.23. The number of alkyl halides is 2. The predicted octanol–water partition coefficient (Wildman–Crippen LogP) is 3.27. The number of aromatic nitrogens is 4. The number of hydrogen-bond donors (Lipinski definition) is 1. The highest BCUT2D eigenvalue weighted by molar-refractivity contribution is 5.91. The average Bonchev–Trinajstić information content (AvgIpc) is 2.52. The smallest absolute Gasteiger partial charge is 0.321 e. The molecule has 0 radical (unpaired) electrons. The molecule has 0 saturated heterocycles. The number of aryl methyl sites for hydroxylation is 2. The van der Waals surface area contributed by atoms with Crippen LogP contribution in [0.3, 0.4) is 0 Å². The van der Waals surface area contributed by atoms with E-state index >= 15 is 0 Å². The van der Waals surface area contributed by atoms with Gasteiger partial charge in [-0.05, 0) is 26.6 Å². The summed E-state index contributed by atoms with van der Waals surface area (Å²) < 4.78 is 26.1. The van der Waals surface area contributed by atoms with Gasteiger partial charge >= 0.3 is 6.55 Å². The van der Waals surface area contributed by atoms with Crippen LogP contribution in [0.15, 0.2) is 34.2 Å². The molecule has 0 aliphatic carbocycles. The molecule has 0 saturated carbocycles. The molecule has 7 nitrogen and oxygen atoms in total. The van der Waals surface area contributed by atoms with Gasteiger partial charge in [-0.25, -0.2) is 15.0 Å². The number of hydrogen-bond acceptors (Lipinski definition) is 6. The molecule has 0 bridgehead atoms. The lowest BCUT2D eigenvalue weighted by Crippen LogP contribution is -2.20. The second-order valence-electron chi connectivity index (χ2n) is 5.32. The Morgan fingerprint density at radius 3 is 2.56 bits per heavy atom. The van der Waals surface area contributed by atoms with E-state index in [1.807, 2.05) is 6.92 Å². The van der Waals surface area contributed by atoms with Crippen LogP contribution in [0, 0.1) is 13.8 Å². The normalized spacial score (nSPS) is 11.1. The summed E-state index contributed by atoms with van der Waals surface area (Å²) in [6, 6.07) is 4.52. The molecule has 0 spiro atoms. The lowest BCUT2D eigenvalue weighted by atomic mass is 10.2. The van der Waals surface area contributed by atoms with Crippen molar-refractivity contribution in [1.82, 2.24) is 19.5 Å². The van der Waals surface area contributed by atoms with Crippen LogP contribution in [0.4, 0.5) is 26.1 Å². The van der Waals surface area contributed by atoms with E-state index in [0.717, 1.165) is 11.9 Å². The van der Waals surface area contributed by atoms with Gasteiger partial charge < -0.3 is 5.32 Å². The van der Waals surface area contributed by atoms with E-state index in [9.17, 15) is 13.6 Å². The topological polar surface area (TPSA) is 85.1 Å². The first-order valence-corrected chi connectivity index (χ1v) is 7.29. The number of nitrogens with one attached hydrogen (secondary N) is 1. The zero-order chi connectivity index (χ0) is 18.1. The first-order valence-electron chi connectivity index (χ1n) is 7.29. The van der Waals surface area contributed by atoms with E-state index in [2.05, 4.69) is 32.0 Å². The molecular formula is C16H14F2N6O. The lowest BCUT2D eigenvalue weighted by molar-refractivity contribution is 0.0669. The standard InChI is InChI=1S/C16H14F2N6O/c1-8-6-12(21-9(2)20-8)23-13-7-11(19-3)14-10(22-13)4-5-24(15(14)25)16(17)18/h4-7,16H,3H2,1-2H3,(H,20,21,22,23). The largest absolute Gasteiger partial charge is 0.325 e. The van der Waals surface area contributed by atoms with Crippen molar-refractivity contribution in [1.29, 1.82) is 0 Å². The van der Waals surface area contributed by atoms with Crippen molar-refractivity contribution in [3.05, 3.63) is 46.3 Å². The molecule has 0 aromatic carbocycles. The molecule has 1 N–H and O–H groups in total. The molecule has 0 unspecified atom stereocenters. The fraction of sp³-hybridized carbons (Fsp3) is 0.188. The summed E-state index contributed by atoms with van der Waals surface area (Å²) in [5.41, 5.74) is 0.298. The molecule has 9 heteroatoms. The van der Waals surface area contributed by atoms with E-state index in [-0.39, 0.29) is 16.6 Å². The number of anilines is 2. The summed E-state index contributed by atoms with van der Waals surface area (Å²) in [5, 5.41) is 2.99. The van der Waals surface area contributed by atoms with Gasteiger partial charge in [-0.15, -0.1) is 0 Å². The van der Waals surface area contributed by atoms with Crippen molar-refractivity contribution in [2.75, 3.05) is 5.32 Å². The van der Waals surface area contributed by atoms with Crippen molar-refractivity contribution in [3.8, 4) is 0 Å². The molecule has 3 rings (SSSR count). The second kappa shape index (κ2) is 6.34. The zero-order valence-electron chi connectivity index (χ0n) is 13.5. The molecule has 0 atom stereocenters. The van der Waals surface area contributed by atoms with Crippen molar-refractivity contribution < 1.29 is 8.78 Å². The van der Waals surface area contributed by atoms with Crippen molar-refractivity contribution in [3.63, 3.8) is 0 Å². The van der Waals surface area contributed by atoms with Crippen LogP contribution >= 0.6 is 0 Å². The molecule has 25 heavy (non-hydrogen) atoms. The zero-order valence-corrected chi connectivity index (χ0v) is 13.5. The van der Waals surface area contributed by atoms with Gasteiger partial charge in [0, 0.05) is 24.0 Å². The van der Waals surface area contributed by atoms with Gasteiger partial charge in [0.15, 0.2) is 0 Å². The molecule has 0 aliphatic rings. The van der Waals surface area contributed by atoms with E-state index < -0.39 is 12.1 Å². The quantitative estimate of drug-likeness (QED) is 0.734. The highest BCUT2D eigenvalue weighted by atomic mass is 19.3. The van der Waals surface area contributed by atoms with Crippen LogP contribution in [-0.4, -0.2) is 26.2 Å². The Kier molecular flexibility index (Phi) is 4.22. The van der Waals surface area contributed by atoms with Gasteiger partial charge in [0.2, 0.25) is 0 Å². The van der Waals surface area contributed by atoms with Gasteiger partial charge in [0.05, 0.1) is 16.6 Å². The van der Waals surface area contributed by atoms with Crippen molar-refractivity contribution in [2.45, 2.75) is 20.4 Å². The summed E-state index contributed by atoms with van der Waals surface area (Å²) in [6.45, 7) is 4.05. The third kappa shape index (κ3) is 3.21. The number of pyridine rings is 2. The Balaban J connectivity index is 2.14. The highest BCUT2D eigenvalue weighted by Crippen LogP contribution is 2.27. The van der Waals surface area contributed by atoms with Gasteiger partial charge in [-0.3, -0.25) is 14.4 Å². The van der Waals surface area contributed by atoms with E-state index in [1.165, 1.54) is 12.1 Å². The maximum absolute atomic E-state index is 12.9. The minimum absolute atomic E-state index is 0.0154. The molecular weight excluding hydrogens is 330 g/mol. The summed E-state index contributed by atoms with van der Waals surface area (Å²) in [4.78, 5) is 28.7. The first kappa shape index (κ1) is 16.6. The average molecular weight is 344 g/mol. The minimum atomic E-state index is -2.95. The summed E-state index contributed by atoms with van der Waals surface area (Å²) in [7, 11) is 0. The van der Waals surface area contributed by atoms with Gasteiger partial charge in [-0.2, -0.15) is 8.78 Å². The second-order valence-corrected chi connectivity index (χ2v) is 5.32. The summed E-state index contributed by atoms with van der Waals surface area (Å²) in [6.07, 6.45) is 0.998. The van der Waals surface area contributed by atoms with Crippen LogP contribution < -0.4 is 10.9 Å². The van der Waals surface area contributed by atoms with Gasteiger partial charge in [-0.1, -0.05) is 0 Å². The van der Waals surface area contributed by atoms with E-state index in [1.54, 1.807) is 13.0 Å². The van der Waals surface area contributed by atoms with E-state index in [0.29, 0.717) is 22.0 Å². The minimum Gasteiger partial charge on any atom is -0.325 e. The van der Waals surface area contributed by atoms with E-state index in [4.69, 9.17) is 0 Å². The summed E-state index contributed by atoms with van der Waals surface area (Å²) >= 11 is 0. The Morgan fingerprint density at radius 1 is 1.20 bits per heavy atom. The molecule has 3 heterocycles. The Labute approximate surface area is 141 Å². The van der Waals surface area contributed by atoms with Crippen molar-refractivity contribution >= 4 is 34.9 Å². The Morgan fingerprint density at radius 2 is 1.92 bits per heavy atom. The third-order valence-electron chi connectivity index (χ3n) is 3.47. The van der Waals surface area contributed by atoms with Crippen LogP contribution in [0.2, 0.25) is 0 Å². The maximum Gasteiger partial charge on any atom is 0.321 e. The molecule has 3 aromatic rings. The number of nitrogens with zero attached hydrogens (tertiary/aromatic N) is 5. The summed E-state index contributed by atoms with van der Waals surface area (Å²) in [5.74, 6) is 1.47. The van der Waals surface area contributed by atoms with Crippen molar-refractivity contribution in [2.24, 2.45) is 4.99 Å². The number of fused-ring (bicyclic) bond motifs is 1. The number of aliphatic imine (C=N–C) groups is 1. The van der Waals surface area contributed by atoms with Crippen LogP contribution in [0.25, 0.3) is 10.9 Å². The first-order chi connectivity index (χ1) is 11.9. The molecule has 0 aliphatic heterocycles.